The maximum atomic E-state index is 10.7. The molecule has 4 heterocycles. The second-order valence-electron chi connectivity index (χ2n) is 8.02. The molecule has 0 aliphatic heterocycles. The second-order valence-corrected chi connectivity index (χ2v) is 8.02. The topological polar surface area (TPSA) is 81.1 Å². The molecular formula is C25H20N6O. The number of hydrogen-bond donors (Lipinski definition) is 1. The molecule has 0 radical (unpaired) electrons. The van der Waals surface area contributed by atoms with Crippen molar-refractivity contribution in [1.82, 2.24) is 29.1 Å². The quantitative estimate of drug-likeness (QED) is 0.450. The van der Waals surface area contributed by atoms with Crippen LogP contribution in [0.15, 0.2) is 67.3 Å². The van der Waals surface area contributed by atoms with E-state index in [9.17, 15) is 5.11 Å². The molecule has 7 heteroatoms. The summed E-state index contributed by atoms with van der Waals surface area (Å²) in [5, 5.41) is 18.3. The Morgan fingerprint density at radius 2 is 1.69 bits per heavy atom. The number of benzene rings is 2. The minimum Gasteiger partial charge on any atom is -0.507 e. The molecule has 6 aromatic rings. The maximum absolute atomic E-state index is 10.7. The Bertz CT molecular complexity index is 1630. The summed E-state index contributed by atoms with van der Waals surface area (Å²) in [6, 6.07) is 15.6. The Morgan fingerprint density at radius 3 is 2.47 bits per heavy atom. The summed E-state index contributed by atoms with van der Waals surface area (Å²) >= 11 is 0. The van der Waals surface area contributed by atoms with Crippen molar-refractivity contribution in [3.05, 3.63) is 84.1 Å². The fourth-order valence-corrected chi connectivity index (χ4v) is 4.32. The first-order chi connectivity index (χ1) is 15.6. The van der Waals surface area contributed by atoms with Gasteiger partial charge in [-0.2, -0.15) is 0 Å². The summed E-state index contributed by atoms with van der Waals surface area (Å²) in [7, 11) is 0. The third kappa shape index (κ3) is 2.75. The highest BCUT2D eigenvalue weighted by molar-refractivity contribution is 5.95. The third-order valence-corrected chi connectivity index (χ3v) is 6.14. The van der Waals surface area contributed by atoms with Gasteiger partial charge in [0.25, 0.3) is 0 Å². The zero-order valence-electron chi connectivity index (χ0n) is 17.7. The predicted octanol–water partition coefficient (Wildman–Crippen LogP) is 4.66. The number of rotatable bonds is 3. The van der Waals surface area contributed by atoms with Gasteiger partial charge in [0.2, 0.25) is 0 Å². The number of phenols is 1. The summed E-state index contributed by atoms with van der Waals surface area (Å²) in [6.07, 6.45) is 5.29. The van der Waals surface area contributed by atoms with E-state index in [1.165, 1.54) is 0 Å². The van der Waals surface area contributed by atoms with Gasteiger partial charge >= 0.3 is 0 Å². The lowest BCUT2D eigenvalue weighted by Crippen LogP contribution is -2.03. The van der Waals surface area contributed by atoms with Gasteiger partial charge in [0, 0.05) is 24.6 Å². The number of aryl methyl sites for hydroxylation is 1. The summed E-state index contributed by atoms with van der Waals surface area (Å²) in [4.78, 5) is 13.6. The number of aromatic nitrogens is 6. The van der Waals surface area contributed by atoms with Crippen molar-refractivity contribution in [2.45, 2.75) is 20.4 Å². The monoisotopic (exact) mass is 420 g/mol. The first kappa shape index (κ1) is 18.5. The Kier molecular flexibility index (Phi) is 3.98. The lowest BCUT2D eigenvalue weighted by atomic mass is 10.1. The molecule has 0 saturated heterocycles. The molecule has 0 spiro atoms. The highest BCUT2D eigenvalue weighted by Crippen LogP contribution is 2.33. The number of hydrogen-bond acceptors (Lipinski definition) is 5. The van der Waals surface area contributed by atoms with E-state index in [1.807, 2.05) is 42.5 Å². The summed E-state index contributed by atoms with van der Waals surface area (Å²) in [5.41, 5.74) is 5.61. The second kappa shape index (κ2) is 6.88. The molecule has 7 nitrogen and oxygen atoms in total. The first-order valence-electron chi connectivity index (χ1n) is 10.4. The standard InChI is InChI=1S/C25H20N6O/c1-15-16(2)30(13-17-7-9-26-10-8-17)24-22(15)25-28-23(29-31(25)14-27-24)20-11-18-5-3-4-6-19(18)12-21(20)32/h3-12,14,32H,13H2,1-2H3. The van der Waals surface area contributed by atoms with Crippen LogP contribution < -0.4 is 0 Å². The molecule has 0 aliphatic carbocycles. The van der Waals surface area contributed by atoms with E-state index in [2.05, 4.69) is 28.5 Å². The average Bonchev–Trinajstić information content (AvgIpc) is 3.34. The van der Waals surface area contributed by atoms with Gasteiger partial charge in [-0.25, -0.2) is 14.5 Å². The van der Waals surface area contributed by atoms with E-state index in [0.717, 1.165) is 44.3 Å². The summed E-state index contributed by atoms with van der Waals surface area (Å²) in [5.74, 6) is 0.633. The van der Waals surface area contributed by atoms with Crippen molar-refractivity contribution in [3.63, 3.8) is 0 Å². The molecular weight excluding hydrogens is 400 g/mol. The van der Waals surface area contributed by atoms with Crippen LogP contribution in [0.1, 0.15) is 16.8 Å². The van der Waals surface area contributed by atoms with Gasteiger partial charge in [-0.05, 0) is 60.0 Å². The fraction of sp³-hybridized carbons (Fsp3) is 0.120. The van der Waals surface area contributed by atoms with Crippen molar-refractivity contribution >= 4 is 27.5 Å². The van der Waals surface area contributed by atoms with Crippen molar-refractivity contribution in [1.29, 1.82) is 0 Å². The maximum Gasteiger partial charge on any atom is 0.185 e. The molecule has 0 unspecified atom stereocenters. The molecule has 0 saturated carbocycles. The van der Waals surface area contributed by atoms with Crippen molar-refractivity contribution in [2.24, 2.45) is 0 Å². The molecule has 4 aromatic heterocycles. The number of nitrogens with zero attached hydrogens (tertiary/aromatic N) is 6. The minimum atomic E-state index is 0.159. The van der Waals surface area contributed by atoms with Gasteiger partial charge in [0.15, 0.2) is 11.5 Å². The molecule has 0 atom stereocenters. The number of aromatic hydroxyl groups is 1. The van der Waals surface area contributed by atoms with Gasteiger partial charge in [0.05, 0.1) is 10.9 Å². The van der Waals surface area contributed by atoms with Crippen molar-refractivity contribution in [2.75, 3.05) is 0 Å². The number of pyridine rings is 1. The van der Waals surface area contributed by atoms with Crippen LogP contribution >= 0.6 is 0 Å². The Balaban J connectivity index is 1.55. The van der Waals surface area contributed by atoms with Crippen LogP contribution in [0.25, 0.3) is 38.8 Å². The van der Waals surface area contributed by atoms with E-state index in [-0.39, 0.29) is 5.75 Å². The molecule has 0 fully saturated rings. The summed E-state index contributed by atoms with van der Waals surface area (Å²) in [6.45, 7) is 4.89. The molecule has 1 N–H and O–H groups in total. The highest BCUT2D eigenvalue weighted by Gasteiger charge is 2.19. The van der Waals surface area contributed by atoms with Gasteiger partial charge in [0.1, 0.15) is 17.7 Å². The van der Waals surface area contributed by atoms with Gasteiger partial charge in [-0.1, -0.05) is 24.3 Å². The van der Waals surface area contributed by atoms with E-state index in [0.29, 0.717) is 17.9 Å². The number of phenolic OH excluding ortho intramolecular Hbond substituents is 1. The molecule has 2 aromatic carbocycles. The first-order valence-corrected chi connectivity index (χ1v) is 10.4. The minimum absolute atomic E-state index is 0.159. The van der Waals surface area contributed by atoms with Gasteiger partial charge < -0.3 is 9.67 Å². The molecule has 0 bridgehead atoms. The van der Waals surface area contributed by atoms with Crippen LogP contribution in [-0.4, -0.2) is 34.2 Å². The smallest absolute Gasteiger partial charge is 0.185 e. The van der Waals surface area contributed by atoms with E-state index in [1.54, 1.807) is 29.3 Å². The van der Waals surface area contributed by atoms with Crippen LogP contribution in [0, 0.1) is 13.8 Å². The molecule has 32 heavy (non-hydrogen) atoms. The third-order valence-electron chi connectivity index (χ3n) is 6.14. The average molecular weight is 420 g/mol. The summed E-state index contributed by atoms with van der Waals surface area (Å²) < 4.78 is 3.89. The van der Waals surface area contributed by atoms with Crippen LogP contribution in [0.4, 0.5) is 0 Å². The molecule has 0 amide bonds. The van der Waals surface area contributed by atoms with Crippen LogP contribution in [-0.2, 0) is 6.54 Å². The SMILES string of the molecule is Cc1c(C)n(Cc2ccncc2)c2ncn3nc(-c4cc5ccccc5cc4O)nc3c12. The van der Waals surface area contributed by atoms with Crippen LogP contribution in [0.2, 0.25) is 0 Å². The largest absolute Gasteiger partial charge is 0.507 e. The zero-order valence-corrected chi connectivity index (χ0v) is 17.7. The van der Waals surface area contributed by atoms with Gasteiger partial charge in [-0.15, -0.1) is 5.10 Å². The number of fused-ring (bicyclic) bond motifs is 4. The van der Waals surface area contributed by atoms with E-state index < -0.39 is 0 Å². The highest BCUT2D eigenvalue weighted by atomic mass is 16.3. The fourth-order valence-electron chi connectivity index (χ4n) is 4.32. The molecule has 0 aliphatic rings. The van der Waals surface area contributed by atoms with Gasteiger partial charge in [-0.3, -0.25) is 4.98 Å². The molecule has 156 valence electrons. The zero-order chi connectivity index (χ0) is 21.8. The lowest BCUT2D eigenvalue weighted by molar-refractivity contribution is 0.477. The lowest BCUT2D eigenvalue weighted by Gasteiger charge is -2.07. The van der Waals surface area contributed by atoms with Crippen LogP contribution in [0.3, 0.4) is 0 Å². The Morgan fingerprint density at radius 1 is 0.938 bits per heavy atom. The Hall–Kier alpha value is -4.26. The van der Waals surface area contributed by atoms with E-state index in [4.69, 9.17) is 9.97 Å². The predicted molar refractivity (Wildman–Crippen MR) is 124 cm³/mol. The normalized spacial score (nSPS) is 11.7. The van der Waals surface area contributed by atoms with Crippen molar-refractivity contribution < 1.29 is 5.11 Å². The van der Waals surface area contributed by atoms with E-state index >= 15 is 0 Å². The molecule has 6 rings (SSSR count). The van der Waals surface area contributed by atoms with Crippen LogP contribution in [0.5, 0.6) is 5.75 Å². The Labute approximate surface area is 183 Å². The van der Waals surface area contributed by atoms with Crippen molar-refractivity contribution in [3.8, 4) is 17.1 Å².